The first-order chi connectivity index (χ1) is 11.8. The summed E-state index contributed by atoms with van der Waals surface area (Å²) in [6, 6.07) is 9.74. The number of benzene rings is 2. The molecule has 9 heteroatoms. The molecular formula is C16H12F2N2O5. The van der Waals surface area contributed by atoms with Gasteiger partial charge in [0, 0.05) is 17.4 Å². The topological polar surface area (TPSA) is 99.9 Å². The summed E-state index contributed by atoms with van der Waals surface area (Å²) in [5.41, 5.74) is 6.43. The number of rotatable bonds is 4. The summed E-state index contributed by atoms with van der Waals surface area (Å²) in [4.78, 5) is 23.6. The van der Waals surface area contributed by atoms with Crippen LogP contribution in [-0.4, -0.2) is 24.8 Å². The van der Waals surface area contributed by atoms with Crippen molar-refractivity contribution in [3.05, 3.63) is 48.0 Å². The van der Waals surface area contributed by atoms with E-state index in [4.69, 9.17) is 10.5 Å². The molecule has 1 aliphatic rings. The van der Waals surface area contributed by atoms with Crippen LogP contribution in [0.25, 0.3) is 0 Å². The number of halogens is 2. The molecule has 0 bridgehead atoms. The monoisotopic (exact) mass is 350 g/mol. The minimum Gasteiger partial charge on any atom is -0.452 e. The number of anilines is 2. The fourth-order valence-corrected chi connectivity index (χ4v) is 2.06. The van der Waals surface area contributed by atoms with E-state index in [9.17, 15) is 18.4 Å². The van der Waals surface area contributed by atoms with Crippen LogP contribution in [0, 0.1) is 0 Å². The molecule has 3 rings (SSSR count). The second kappa shape index (κ2) is 6.27. The number of amides is 1. The van der Waals surface area contributed by atoms with Crippen LogP contribution in [0.4, 0.5) is 20.2 Å². The van der Waals surface area contributed by atoms with Crippen LogP contribution in [0.15, 0.2) is 42.5 Å². The summed E-state index contributed by atoms with van der Waals surface area (Å²) >= 11 is 0. The lowest BCUT2D eigenvalue weighted by Gasteiger charge is -2.07. The average Bonchev–Trinajstić information content (AvgIpc) is 2.86. The highest BCUT2D eigenvalue weighted by Gasteiger charge is 2.43. The second-order valence-electron chi connectivity index (χ2n) is 5.08. The third kappa shape index (κ3) is 3.94. The highest BCUT2D eigenvalue weighted by Crippen LogP contribution is 2.42. The van der Waals surface area contributed by atoms with Gasteiger partial charge < -0.3 is 25.3 Å². The Morgan fingerprint density at radius 1 is 1.08 bits per heavy atom. The Labute approximate surface area is 140 Å². The minimum absolute atomic E-state index is 0.141. The van der Waals surface area contributed by atoms with Gasteiger partial charge in [-0.2, -0.15) is 0 Å². The summed E-state index contributed by atoms with van der Waals surface area (Å²) in [6.07, 6.45) is -3.74. The summed E-state index contributed by atoms with van der Waals surface area (Å²) in [5, 5.41) is 2.40. The molecule has 1 aliphatic heterocycles. The van der Waals surface area contributed by atoms with Crippen LogP contribution in [0.5, 0.6) is 11.5 Å². The van der Waals surface area contributed by atoms with Gasteiger partial charge in [-0.25, -0.2) is 4.79 Å². The smallest absolute Gasteiger partial charge is 0.452 e. The number of hydrogen-bond acceptors (Lipinski definition) is 6. The predicted molar refractivity (Wildman–Crippen MR) is 82.4 cm³/mol. The molecule has 3 N–H and O–H groups in total. The zero-order chi connectivity index (χ0) is 18.0. The molecule has 0 spiro atoms. The number of alkyl halides is 2. The fraction of sp³-hybridized carbons (Fsp3) is 0.125. The van der Waals surface area contributed by atoms with Crippen molar-refractivity contribution in [1.82, 2.24) is 0 Å². The Hall–Kier alpha value is -3.36. The van der Waals surface area contributed by atoms with Crippen molar-refractivity contribution in [3.63, 3.8) is 0 Å². The summed E-state index contributed by atoms with van der Waals surface area (Å²) in [7, 11) is 0. The van der Waals surface area contributed by atoms with Crippen LogP contribution in [-0.2, 0) is 9.53 Å². The molecule has 0 atom stereocenters. The van der Waals surface area contributed by atoms with Crippen molar-refractivity contribution in [1.29, 1.82) is 0 Å². The van der Waals surface area contributed by atoms with Crippen molar-refractivity contribution in [3.8, 4) is 11.5 Å². The average molecular weight is 350 g/mol. The third-order valence-corrected chi connectivity index (χ3v) is 3.17. The van der Waals surface area contributed by atoms with Crippen LogP contribution in [0.1, 0.15) is 10.4 Å². The predicted octanol–water partition coefficient (Wildman–Crippen LogP) is 2.39. The molecular weight excluding hydrogens is 338 g/mol. The molecule has 0 aliphatic carbocycles. The normalized spacial score (nSPS) is 14.0. The zero-order valence-electron chi connectivity index (χ0n) is 12.6. The lowest BCUT2D eigenvalue weighted by Crippen LogP contribution is -2.25. The van der Waals surface area contributed by atoms with Gasteiger partial charge >= 0.3 is 12.3 Å². The zero-order valence-corrected chi connectivity index (χ0v) is 12.6. The molecule has 130 valence electrons. The van der Waals surface area contributed by atoms with Gasteiger partial charge in [-0.15, -0.1) is 8.78 Å². The first-order valence-electron chi connectivity index (χ1n) is 7.05. The molecule has 2 aromatic carbocycles. The molecule has 7 nitrogen and oxygen atoms in total. The number of carbonyl (C=O) groups excluding carboxylic acids is 2. The SMILES string of the molecule is Nc1ccc(C(=O)OCC(=O)Nc2ccc3c(c2)OC(F)(F)O3)cc1. The van der Waals surface area contributed by atoms with E-state index in [1.54, 1.807) is 0 Å². The van der Waals surface area contributed by atoms with E-state index < -0.39 is 24.8 Å². The molecule has 2 aromatic rings. The Morgan fingerprint density at radius 2 is 1.76 bits per heavy atom. The molecule has 0 saturated heterocycles. The number of fused-ring (bicyclic) bond motifs is 1. The van der Waals surface area contributed by atoms with Crippen LogP contribution < -0.4 is 20.5 Å². The summed E-state index contributed by atoms with van der Waals surface area (Å²) < 4.78 is 39.2. The lowest BCUT2D eigenvalue weighted by atomic mass is 10.2. The molecule has 0 aromatic heterocycles. The molecule has 0 unspecified atom stereocenters. The van der Waals surface area contributed by atoms with E-state index in [0.29, 0.717) is 5.69 Å². The van der Waals surface area contributed by atoms with Crippen molar-refractivity contribution in [2.45, 2.75) is 6.29 Å². The Bertz CT molecular complexity index is 824. The molecule has 25 heavy (non-hydrogen) atoms. The molecule has 0 saturated carbocycles. The van der Waals surface area contributed by atoms with E-state index in [1.165, 1.54) is 42.5 Å². The van der Waals surface area contributed by atoms with Crippen molar-refractivity contribution in [2.75, 3.05) is 17.7 Å². The molecule has 0 fully saturated rings. The van der Waals surface area contributed by atoms with E-state index in [1.807, 2.05) is 0 Å². The third-order valence-electron chi connectivity index (χ3n) is 3.17. The largest absolute Gasteiger partial charge is 0.586 e. The standard InChI is InChI=1S/C16H12F2N2O5/c17-16(18)24-12-6-5-11(7-13(12)25-16)20-14(21)8-23-15(22)9-1-3-10(19)4-2-9/h1-7H,8,19H2,(H,20,21). The van der Waals surface area contributed by atoms with Gasteiger partial charge in [0.25, 0.3) is 5.91 Å². The number of nitrogen functional groups attached to an aromatic ring is 1. The van der Waals surface area contributed by atoms with E-state index in [0.717, 1.165) is 0 Å². The highest BCUT2D eigenvalue weighted by atomic mass is 19.3. The van der Waals surface area contributed by atoms with Gasteiger partial charge in [-0.05, 0) is 36.4 Å². The Balaban J connectivity index is 1.55. The first kappa shape index (κ1) is 16.5. The fourth-order valence-electron chi connectivity index (χ4n) is 2.06. The van der Waals surface area contributed by atoms with E-state index >= 15 is 0 Å². The van der Waals surface area contributed by atoms with Gasteiger partial charge in [-0.1, -0.05) is 0 Å². The number of esters is 1. The van der Waals surface area contributed by atoms with Gasteiger partial charge in [-0.3, -0.25) is 4.79 Å². The van der Waals surface area contributed by atoms with Crippen LogP contribution in [0.3, 0.4) is 0 Å². The van der Waals surface area contributed by atoms with Gasteiger partial charge in [0.05, 0.1) is 5.56 Å². The number of hydrogen-bond donors (Lipinski definition) is 2. The summed E-state index contributed by atoms with van der Waals surface area (Å²) in [6.45, 7) is -0.548. The van der Waals surface area contributed by atoms with E-state index in [-0.39, 0.29) is 22.7 Å². The van der Waals surface area contributed by atoms with Crippen molar-refractivity contribution >= 4 is 23.3 Å². The van der Waals surface area contributed by atoms with Gasteiger partial charge in [0.1, 0.15) is 0 Å². The molecule has 1 heterocycles. The number of ether oxygens (including phenoxy) is 3. The number of nitrogens with two attached hydrogens (primary N) is 1. The van der Waals surface area contributed by atoms with Crippen LogP contribution in [0.2, 0.25) is 0 Å². The van der Waals surface area contributed by atoms with Crippen molar-refractivity contribution < 1.29 is 32.6 Å². The first-order valence-corrected chi connectivity index (χ1v) is 7.05. The molecule has 0 radical (unpaired) electrons. The maximum absolute atomic E-state index is 12.9. The maximum Gasteiger partial charge on any atom is 0.586 e. The lowest BCUT2D eigenvalue weighted by molar-refractivity contribution is -0.286. The number of nitrogens with one attached hydrogen (secondary N) is 1. The van der Waals surface area contributed by atoms with Crippen LogP contribution >= 0.6 is 0 Å². The Morgan fingerprint density at radius 3 is 2.48 bits per heavy atom. The Kier molecular flexibility index (Phi) is 4.14. The second-order valence-corrected chi connectivity index (χ2v) is 5.08. The van der Waals surface area contributed by atoms with Gasteiger partial charge in [0.15, 0.2) is 18.1 Å². The molecule has 1 amide bonds. The number of carbonyl (C=O) groups is 2. The summed E-state index contributed by atoms with van der Waals surface area (Å²) in [5.74, 6) is -1.69. The maximum atomic E-state index is 12.9. The highest BCUT2D eigenvalue weighted by molar-refractivity contribution is 5.95. The quantitative estimate of drug-likeness (QED) is 0.649. The minimum atomic E-state index is -3.74. The van der Waals surface area contributed by atoms with E-state index in [2.05, 4.69) is 14.8 Å². The van der Waals surface area contributed by atoms with Crippen molar-refractivity contribution in [2.24, 2.45) is 0 Å². The van der Waals surface area contributed by atoms with Gasteiger partial charge in [0.2, 0.25) is 0 Å².